The largest absolute Gasteiger partial charge is 0.497 e. The van der Waals surface area contributed by atoms with E-state index in [1.165, 1.54) is 0 Å². The van der Waals surface area contributed by atoms with Gasteiger partial charge in [0, 0.05) is 12.1 Å². The molecule has 4 heteroatoms. The SMILES string of the molecule is COc1cccc(-c2ncc3n2CCCC3O)c1. The number of aromatic nitrogens is 2. The van der Waals surface area contributed by atoms with Gasteiger partial charge >= 0.3 is 0 Å². The van der Waals surface area contributed by atoms with Crippen LogP contribution in [-0.4, -0.2) is 21.8 Å². The summed E-state index contributed by atoms with van der Waals surface area (Å²) in [5, 5.41) is 9.94. The molecule has 0 bridgehead atoms. The van der Waals surface area contributed by atoms with Crippen molar-refractivity contribution in [1.82, 2.24) is 9.55 Å². The smallest absolute Gasteiger partial charge is 0.140 e. The lowest BCUT2D eigenvalue weighted by atomic mass is 10.1. The predicted octanol–water partition coefficient (Wildman–Crippen LogP) is 2.39. The number of hydrogen-bond donors (Lipinski definition) is 1. The van der Waals surface area contributed by atoms with Gasteiger partial charge in [-0.2, -0.15) is 0 Å². The van der Waals surface area contributed by atoms with Gasteiger partial charge < -0.3 is 14.4 Å². The number of imidazole rings is 1. The first-order valence-corrected chi connectivity index (χ1v) is 6.17. The number of fused-ring (bicyclic) bond motifs is 1. The molecule has 0 radical (unpaired) electrons. The molecule has 0 spiro atoms. The lowest BCUT2D eigenvalue weighted by Crippen LogP contribution is -2.15. The molecule has 1 aliphatic heterocycles. The Labute approximate surface area is 106 Å². The molecular weight excluding hydrogens is 228 g/mol. The van der Waals surface area contributed by atoms with Crippen LogP contribution < -0.4 is 4.74 Å². The molecule has 18 heavy (non-hydrogen) atoms. The second kappa shape index (κ2) is 4.46. The molecule has 1 unspecified atom stereocenters. The molecule has 0 fully saturated rings. The Kier molecular flexibility index (Phi) is 2.80. The first-order valence-electron chi connectivity index (χ1n) is 6.17. The van der Waals surface area contributed by atoms with Crippen molar-refractivity contribution < 1.29 is 9.84 Å². The maximum atomic E-state index is 9.94. The summed E-state index contributed by atoms with van der Waals surface area (Å²) in [6.07, 6.45) is 3.20. The number of benzene rings is 1. The fourth-order valence-corrected chi connectivity index (χ4v) is 2.47. The topological polar surface area (TPSA) is 47.3 Å². The number of rotatable bonds is 2. The Morgan fingerprint density at radius 1 is 1.44 bits per heavy atom. The lowest BCUT2D eigenvalue weighted by Gasteiger charge is -2.21. The van der Waals surface area contributed by atoms with Crippen LogP contribution in [0.5, 0.6) is 5.75 Å². The molecule has 1 atom stereocenters. The molecule has 0 amide bonds. The van der Waals surface area contributed by atoms with E-state index in [0.29, 0.717) is 0 Å². The van der Waals surface area contributed by atoms with Crippen LogP contribution >= 0.6 is 0 Å². The highest BCUT2D eigenvalue weighted by Crippen LogP contribution is 2.31. The summed E-state index contributed by atoms with van der Waals surface area (Å²) in [5.41, 5.74) is 1.94. The number of nitrogens with zero attached hydrogens (tertiary/aromatic N) is 2. The average molecular weight is 244 g/mol. The molecule has 1 N–H and O–H groups in total. The normalized spacial score (nSPS) is 18.4. The molecule has 0 saturated heterocycles. The summed E-state index contributed by atoms with van der Waals surface area (Å²) < 4.78 is 7.33. The van der Waals surface area contributed by atoms with Crippen LogP contribution in [0.1, 0.15) is 24.6 Å². The van der Waals surface area contributed by atoms with Gasteiger partial charge in [-0.3, -0.25) is 0 Å². The number of aliphatic hydroxyl groups excluding tert-OH is 1. The van der Waals surface area contributed by atoms with E-state index in [2.05, 4.69) is 9.55 Å². The van der Waals surface area contributed by atoms with Gasteiger partial charge in [0.1, 0.15) is 11.6 Å². The summed E-state index contributed by atoms with van der Waals surface area (Å²) in [5.74, 6) is 1.73. The van der Waals surface area contributed by atoms with E-state index in [0.717, 1.165) is 42.2 Å². The van der Waals surface area contributed by atoms with E-state index >= 15 is 0 Å². The summed E-state index contributed by atoms with van der Waals surface area (Å²) in [6, 6.07) is 7.85. The van der Waals surface area contributed by atoms with Crippen LogP contribution in [0.3, 0.4) is 0 Å². The van der Waals surface area contributed by atoms with Crippen LogP contribution in [0.2, 0.25) is 0 Å². The molecule has 1 aliphatic rings. The number of methoxy groups -OCH3 is 1. The lowest BCUT2D eigenvalue weighted by molar-refractivity contribution is 0.139. The standard InChI is InChI=1S/C14H16N2O2/c1-18-11-5-2-4-10(8-11)14-15-9-12-13(17)6-3-7-16(12)14/h2,4-5,8-9,13,17H,3,6-7H2,1H3. The van der Waals surface area contributed by atoms with Crippen molar-refractivity contribution in [2.24, 2.45) is 0 Å². The predicted molar refractivity (Wildman–Crippen MR) is 68.4 cm³/mol. The fourth-order valence-electron chi connectivity index (χ4n) is 2.47. The van der Waals surface area contributed by atoms with Crippen molar-refractivity contribution in [2.75, 3.05) is 7.11 Å². The van der Waals surface area contributed by atoms with Crippen LogP contribution in [0, 0.1) is 0 Å². The van der Waals surface area contributed by atoms with Gasteiger partial charge in [-0.1, -0.05) is 12.1 Å². The summed E-state index contributed by atoms with van der Waals surface area (Å²) >= 11 is 0. The van der Waals surface area contributed by atoms with E-state index in [1.54, 1.807) is 13.3 Å². The molecule has 94 valence electrons. The van der Waals surface area contributed by atoms with Gasteiger partial charge in [-0.15, -0.1) is 0 Å². The van der Waals surface area contributed by atoms with E-state index in [9.17, 15) is 5.11 Å². The number of ether oxygens (including phenoxy) is 1. The van der Waals surface area contributed by atoms with Crippen LogP contribution in [0.25, 0.3) is 11.4 Å². The van der Waals surface area contributed by atoms with Gasteiger partial charge in [-0.05, 0) is 25.0 Å². The van der Waals surface area contributed by atoms with Crippen LogP contribution in [0.15, 0.2) is 30.5 Å². The Morgan fingerprint density at radius 3 is 3.17 bits per heavy atom. The highest BCUT2D eigenvalue weighted by molar-refractivity contribution is 5.58. The number of hydrogen-bond acceptors (Lipinski definition) is 3. The first kappa shape index (κ1) is 11.3. The second-order valence-corrected chi connectivity index (χ2v) is 4.55. The van der Waals surface area contributed by atoms with Gasteiger partial charge in [0.15, 0.2) is 0 Å². The molecular formula is C14H16N2O2. The molecule has 1 aromatic carbocycles. The Balaban J connectivity index is 2.06. The van der Waals surface area contributed by atoms with Crippen LogP contribution in [0.4, 0.5) is 0 Å². The molecule has 0 saturated carbocycles. The summed E-state index contributed by atoms with van der Waals surface area (Å²) in [6.45, 7) is 0.916. The average Bonchev–Trinajstić information content (AvgIpc) is 2.84. The van der Waals surface area contributed by atoms with Gasteiger partial charge in [0.2, 0.25) is 0 Å². The molecule has 0 aliphatic carbocycles. The molecule has 1 aromatic heterocycles. The zero-order valence-corrected chi connectivity index (χ0v) is 10.3. The maximum Gasteiger partial charge on any atom is 0.140 e. The molecule has 3 rings (SSSR count). The highest BCUT2D eigenvalue weighted by atomic mass is 16.5. The summed E-state index contributed by atoms with van der Waals surface area (Å²) in [4.78, 5) is 4.44. The van der Waals surface area contributed by atoms with Crippen molar-refractivity contribution in [1.29, 1.82) is 0 Å². The minimum atomic E-state index is -0.384. The highest BCUT2D eigenvalue weighted by Gasteiger charge is 2.21. The van der Waals surface area contributed by atoms with Crippen molar-refractivity contribution in [3.8, 4) is 17.1 Å². The first-order chi connectivity index (χ1) is 8.79. The fraction of sp³-hybridized carbons (Fsp3) is 0.357. The van der Waals surface area contributed by atoms with Crippen molar-refractivity contribution >= 4 is 0 Å². The van der Waals surface area contributed by atoms with Crippen molar-refractivity contribution in [3.63, 3.8) is 0 Å². The Morgan fingerprint density at radius 2 is 2.33 bits per heavy atom. The zero-order valence-electron chi connectivity index (χ0n) is 10.3. The molecule has 4 nitrogen and oxygen atoms in total. The minimum Gasteiger partial charge on any atom is -0.497 e. The van der Waals surface area contributed by atoms with Gasteiger partial charge in [0.05, 0.1) is 25.1 Å². The Bertz CT molecular complexity index is 563. The maximum absolute atomic E-state index is 9.94. The van der Waals surface area contributed by atoms with Gasteiger partial charge in [-0.25, -0.2) is 4.98 Å². The monoisotopic (exact) mass is 244 g/mol. The Hall–Kier alpha value is -1.81. The third kappa shape index (κ3) is 1.78. The quantitative estimate of drug-likeness (QED) is 0.882. The van der Waals surface area contributed by atoms with Crippen molar-refractivity contribution in [2.45, 2.75) is 25.5 Å². The van der Waals surface area contributed by atoms with E-state index in [1.807, 2.05) is 24.3 Å². The second-order valence-electron chi connectivity index (χ2n) is 4.55. The third-order valence-corrected chi connectivity index (χ3v) is 3.42. The van der Waals surface area contributed by atoms with E-state index < -0.39 is 0 Å². The van der Waals surface area contributed by atoms with E-state index in [4.69, 9.17) is 4.74 Å². The minimum absolute atomic E-state index is 0.384. The third-order valence-electron chi connectivity index (χ3n) is 3.42. The molecule has 2 heterocycles. The van der Waals surface area contributed by atoms with Crippen molar-refractivity contribution in [3.05, 3.63) is 36.2 Å². The number of aliphatic hydroxyl groups is 1. The zero-order chi connectivity index (χ0) is 12.5. The molecule has 2 aromatic rings. The van der Waals surface area contributed by atoms with Crippen LogP contribution in [-0.2, 0) is 6.54 Å². The summed E-state index contributed by atoms with van der Waals surface area (Å²) in [7, 11) is 1.66. The van der Waals surface area contributed by atoms with Gasteiger partial charge in [0.25, 0.3) is 0 Å². The van der Waals surface area contributed by atoms with E-state index in [-0.39, 0.29) is 6.10 Å².